The maximum atomic E-state index is 9.04. The Morgan fingerprint density at radius 1 is 1.14 bits per heavy atom. The van der Waals surface area contributed by atoms with Gasteiger partial charge in [-0.05, 0) is 67.3 Å². The Labute approximate surface area is 173 Å². The summed E-state index contributed by atoms with van der Waals surface area (Å²) in [6, 6.07) is 6.81. The topological polar surface area (TPSA) is 91.1 Å². The molecule has 2 bridgehead atoms. The number of anilines is 1. The third-order valence-corrected chi connectivity index (χ3v) is 7.71. The SMILES string of the molecule is N#Cc1cc2c(Br)c(NC3CCC(N4C5CC[C@H]4CC(N)C5)CC3)ncc2o1. The highest BCUT2D eigenvalue weighted by Crippen LogP contribution is 2.40. The van der Waals surface area contributed by atoms with E-state index in [1.54, 1.807) is 12.3 Å². The van der Waals surface area contributed by atoms with E-state index >= 15 is 0 Å². The van der Waals surface area contributed by atoms with Crippen molar-refractivity contribution >= 4 is 32.7 Å². The van der Waals surface area contributed by atoms with Crippen LogP contribution in [0.1, 0.15) is 57.1 Å². The molecule has 3 fully saturated rings. The summed E-state index contributed by atoms with van der Waals surface area (Å²) in [6.45, 7) is 0. The molecule has 2 aromatic heterocycles. The normalized spacial score (nSPS) is 33.1. The number of nitriles is 1. The Kier molecular flexibility index (Phi) is 4.82. The number of hydrogen-bond acceptors (Lipinski definition) is 6. The van der Waals surface area contributed by atoms with Crippen LogP contribution in [0.4, 0.5) is 5.82 Å². The van der Waals surface area contributed by atoms with Crippen molar-refractivity contribution in [3.05, 3.63) is 22.5 Å². The minimum atomic E-state index is 0.311. The van der Waals surface area contributed by atoms with Gasteiger partial charge in [0.05, 0.1) is 10.7 Å². The Morgan fingerprint density at radius 2 is 1.82 bits per heavy atom. The van der Waals surface area contributed by atoms with Gasteiger partial charge in [0, 0.05) is 41.7 Å². The molecule has 4 heterocycles. The van der Waals surface area contributed by atoms with Crippen molar-refractivity contribution in [1.82, 2.24) is 9.88 Å². The number of furan rings is 1. The lowest BCUT2D eigenvalue weighted by Gasteiger charge is -2.45. The van der Waals surface area contributed by atoms with Crippen LogP contribution in [0.3, 0.4) is 0 Å². The van der Waals surface area contributed by atoms with Crippen molar-refractivity contribution in [2.75, 3.05) is 5.32 Å². The number of nitrogens with two attached hydrogens (primary N) is 1. The monoisotopic (exact) mass is 443 g/mol. The molecule has 28 heavy (non-hydrogen) atoms. The van der Waals surface area contributed by atoms with Crippen LogP contribution >= 0.6 is 15.9 Å². The lowest BCUT2D eigenvalue weighted by Crippen LogP contribution is -2.53. The molecule has 0 amide bonds. The molecular formula is C21H26BrN5O. The fourth-order valence-corrected chi connectivity index (χ4v) is 6.23. The predicted molar refractivity (Wildman–Crippen MR) is 112 cm³/mol. The standard InChI is InChI=1S/C21H26BrN5O/c22-20-18-9-17(10-23)28-19(18)11-25-21(20)26-13-1-3-14(4-2-13)27-15-5-6-16(27)8-12(24)7-15/h9,11-16H,1-8,24H2,(H,25,26)/t12?,13?,14?,15-,16?/m0/s1. The van der Waals surface area contributed by atoms with Gasteiger partial charge in [0.1, 0.15) is 11.9 Å². The van der Waals surface area contributed by atoms with Crippen LogP contribution in [0.15, 0.2) is 21.2 Å². The first-order valence-electron chi connectivity index (χ1n) is 10.4. The third-order valence-electron chi connectivity index (χ3n) is 6.91. The molecule has 3 aliphatic rings. The number of rotatable bonds is 3. The van der Waals surface area contributed by atoms with E-state index in [-0.39, 0.29) is 0 Å². The molecule has 0 aromatic carbocycles. The van der Waals surface area contributed by atoms with Crippen LogP contribution in [-0.2, 0) is 0 Å². The lowest BCUT2D eigenvalue weighted by atomic mass is 9.86. The molecule has 0 spiro atoms. The van der Waals surface area contributed by atoms with Gasteiger partial charge in [-0.3, -0.25) is 4.90 Å². The van der Waals surface area contributed by atoms with Crippen molar-refractivity contribution < 1.29 is 4.42 Å². The van der Waals surface area contributed by atoms with Gasteiger partial charge in [0.25, 0.3) is 0 Å². The number of pyridine rings is 1. The number of fused-ring (bicyclic) bond motifs is 3. The smallest absolute Gasteiger partial charge is 0.204 e. The summed E-state index contributed by atoms with van der Waals surface area (Å²) in [5, 5.41) is 13.6. The Balaban J connectivity index is 1.24. The lowest BCUT2D eigenvalue weighted by molar-refractivity contribution is 0.0561. The largest absolute Gasteiger partial charge is 0.444 e. The van der Waals surface area contributed by atoms with Crippen molar-refractivity contribution in [2.45, 2.75) is 81.6 Å². The van der Waals surface area contributed by atoms with Crippen molar-refractivity contribution in [2.24, 2.45) is 5.73 Å². The zero-order valence-electron chi connectivity index (χ0n) is 15.9. The summed E-state index contributed by atoms with van der Waals surface area (Å²) in [5.74, 6) is 1.15. The zero-order valence-corrected chi connectivity index (χ0v) is 17.5. The van der Waals surface area contributed by atoms with Gasteiger partial charge in [-0.1, -0.05) is 0 Å². The number of aromatic nitrogens is 1. The molecule has 7 heteroatoms. The highest BCUT2D eigenvalue weighted by Gasteiger charge is 2.43. The number of halogens is 1. The van der Waals surface area contributed by atoms with Gasteiger partial charge < -0.3 is 15.5 Å². The average Bonchev–Trinajstić information content (AvgIpc) is 3.24. The molecule has 1 aliphatic carbocycles. The van der Waals surface area contributed by atoms with Crippen LogP contribution in [0, 0.1) is 11.3 Å². The fourth-order valence-electron chi connectivity index (χ4n) is 5.70. The van der Waals surface area contributed by atoms with Crippen molar-refractivity contribution in [3.8, 4) is 6.07 Å². The first-order valence-corrected chi connectivity index (χ1v) is 11.2. The highest BCUT2D eigenvalue weighted by molar-refractivity contribution is 9.10. The van der Waals surface area contributed by atoms with E-state index in [0.717, 1.165) is 40.6 Å². The Hall–Kier alpha value is -1.62. The van der Waals surface area contributed by atoms with E-state index in [1.165, 1.54) is 38.5 Å². The van der Waals surface area contributed by atoms with Gasteiger partial charge in [-0.15, -0.1) is 0 Å². The van der Waals surface area contributed by atoms with E-state index in [2.05, 4.69) is 31.1 Å². The highest BCUT2D eigenvalue weighted by atomic mass is 79.9. The summed E-state index contributed by atoms with van der Waals surface area (Å²) in [4.78, 5) is 7.34. The molecular weight excluding hydrogens is 418 g/mol. The molecule has 6 nitrogen and oxygen atoms in total. The first-order chi connectivity index (χ1) is 13.6. The summed E-state index contributed by atoms with van der Waals surface area (Å²) in [5.41, 5.74) is 6.88. The zero-order chi connectivity index (χ0) is 19.3. The van der Waals surface area contributed by atoms with Crippen LogP contribution in [0.25, 0.3) is 11.0 Å². The molecule has 2 unspecified atom stereocenters. The van der Waals surface area contributed by atoms with Crippen molar-refractivity contribution in [1.29, 1.82) is 5.26 Å². The second-order valence-electron chi connectivity index (χ2n) is 8.63. The van der Waals surface area contributed by atoms with Crippen LogP contribution < -0.4 is 11.1 Å². The first kappa shape index (κ1) is 18.4. The molecule has 5 rings (SSSR count). The van der Waals surface area contributed by atoms with Gasteiger partial charge in [-0.25, -0.2) is 4.98 Å². The maximum Gasteiger partial charge on any atom is 0.204 e. The quantitative estimate of drug-likeness (QED) is 0.740. The number of piperidine rings is 1. The minimum Gasteiger partial charge on any atom is -0.444 e. The maximum absolute atomic E-state index is 9.04. The van der Waals surface area contributed by atoms with Crippen molar-refractivity contribution in [3.63, 3.8) is 0 Å². The van der Waals surface area contributed by atoms with Gasteiger partial charge in [0.2, 0.25) is 5.76 Å². The predicted octanol–water partition coefficient (Wildman–Crippen LogP) is 4.14. The van der Waals surface area contributed by atoms with Gasteiger partial charge in [0.15, 0.2) is 5.58 Å². The van der Waals surface area contributed by atoms with E-state index in [4.69, 9.17) is 15.4 Å². The number of hydrogen-bond donors (Lipinski definition) is 2. The molecule has 2 aliphatic heterocycles. The Bertz CT molecular complexity index is 899. The van der Waals surface area contributed by atoms with Crippen LogP contribution in [-0.4, -0.2) is 40.1 Å². The average molecular weight is 444 g/mol. The Morgan fingerprint density at radius 3 is 2.50 bits per heavy atom. The summed E-state index contributed by atoms with van der Waals surface area (Å²) in [7, 11) is 0. The summed E-state index contributed by atoms with van der Waals surface area (Å²) < 4.78 is 6.34. The van der Waals surface area contributed by atoms with Gasteiger partial charge >= 0.3 is 0 Å². The van der Waals surface area contributed by atoms with E-state index in [9.17, 15) is 0 Å². The van der Waals surface area contributed by atoms with Gasteiger partial charge in [-0.2, -0.15) is 5.26 Å². The van der Waals surface area contributed by atoms with E-state index in [0.29, 0.717) is 29.5 Å². The molecule has 148 valence electrons. The fraction of sp³-hybridized carbons (Fsp3) is 0.619. The summed E-state index contributed by atoms with van der Waals surface area (Å²) >= 11 is 3.64. The van der Waals surface area contributed by atoms with E-state index < -0.39 is 0 Å². The molecule has 3 atom stereocenters. The van der Waals surface area contributed by atoms with E-state index in [1.807, 2.05) is 6.07 Å². The number of nitrogens with zero attached hydrogens (tertiary/aromatic N) is 3. The molecule has 1 saturated carbocycles. The van der Waals surface area contributed by atoms with Crippen LogP contribution in [0.2, 0.25) is 0 Å². The van der Waals surface area contributed by atoms with Crippen LogP contribution in [0.5, 0.6) is 0 Å². The summed E-state index contributed by atoms with van der Waals surface area (Å²) in [6.07, 6.45) is 11.5. The second-order valence-corrected chi connectivity index (χ2v) is 9.43. The third kappa shape index (κ3) is 3.22. The second kappa shape index (κ2) is 7.33. The molecule has 0 radical (unpaired) electrons. The molecule has 3 N–H and O–H groups in total. The molecule has 2 saturated heterocycles. The minimum absolute atomic E-state index is 0.311. The number of nitrogens with one attached hydrogen (secondary N) is 1. The molecule has 2 aromatic rings.